The Labute approximate surface area is 123 Å². The highest BCUT2D eigenvalue weighted by molar-refractivity contribution is 5.77. The average molecular weight is 286 g/mol. The number of phenols is 1. The van der Waals surface area contributed by atoms with Crippen LogP contribution in [0.1, 0.15) is 5.56 Å². The Morgan fingerprint density at radius 3 is 2.52 bits per heavy atom. The fourth-order valence-corrected chi connectivity index (χ4v) is 1.83. The maximum atomic E-state index is 12.0. The second-order valence-electron chi connectivity index (χ2n) is 4.74. The van der Waals surface area contributed by atoms with Crippen LogP contribution in [0.15, 0.2) is 48.5 Å². The van der Waals surface area contributed by atoms with E-state index in [0.717, 1.165) is 5.56 Å². The molecule has 5 heteroatoms. The molecule has 2 aromatic carbocycles. The molecule has 110 valence electrons. The average Bonchev–Trinajstić information content (AvgIpc) is 2.48. The summed E-state index contributed by atoms with van der Waals surface area (Å²) >= 11 is 0. The van der Waals surface area contributed by atoms with Crippen molar-refractivity contribution in [3.8, 4) is 11.5 Å². The molecular formula is C16H18N2O3. The number of likely N-dealkylation sites (N-methyl/N-ethyl adjacent to an activating group) is 1. The van der Waals surface area contributed by atoms with Crippen LogP contribution >= 0.6 is 0 Å². The SMILES string of the molecule is CN(Cc1ccc(O)cc1)C(=O)COc1ccccc1N. The first-order valence-corrected chi connectivity index (χ1v) is 6.55. The molecule has 2 aromatic rings. The summed E-state index contributed by atoms with van der Waals surface area (Å²) in [5.41, 5.74) is 7.19. The van der Waals surface area contributed by atoms with Crippen molar-refractivity contribution in [2.75, 3.05) is 19.4 Å². The second-order valence-corrected chi connectivity index (χ2v) is 4.74. The largest absolute Gasteiger partial charge is 0.508 e. The maximum absolute atomic E-state index is 12.0. The van der Waals surface area contributed by atoms with Crippen molar-refractivity contribution in [2.24, 2.45) is 0 Å². The van der Waals surface area contributed by atoms with Crippen LogP contribution in [0.2, 0.25) is 0 Å². The summed E-state index contributed by atoms with van der Waals surface area (Å²) in [6.07, 6.45) is 0. The van der Waals surface area contributed by atoms with Gasteiger partial charge in [-0.25, -0.2) is 0 Å². The highest BCUT2D eigenvalue weighted by Crippen LogP contribution is 2.19. The number of nitrogens with two attached hydrogens (primary N) is 1. The van der Waals surface area contributed by atoms with Gasteiger partial charge < -0.3 is 20.5 Å². The quantitative estimate of drug-likeness (QED) is 0.824. The summed E-state index contributed by atoms with van der Waals surface area (Å²) in [6.45, 7) is 0.384. The lowest BCUT2D eigenvalue weighted by Crippen LogP contribution is -2.31. The molecular weight excluding hydrogens is 268 g/mol. The molecule has 0 spiro atoms. The zero-order chi connectivity index (χ0) is 15.2. The molecule has 21 heavy (non-hydrogen) atoms. The molecule has 0 heterocycles. The van der Waals surface area contributed by atoms with Gasteiger partial charge in [0.1, 0.15) is 11.5 Å². The van der Waals surface area contributed by atoms with Crippen molar-refractivity contribution in [1.29, 1.82) is 0 Å². The van der Waals surface area contributed by atoms with Gasteiger partial charge in [-0.3, -0.25) is 4.79 Å². The van der Waals surface area contributed by atoms with E-state index in [-0.39, 0.29) is 18.3 Å². The number of aromatic hydroxyl groups is 1. The summed E-state index contributed by atoms with van der Waals surface area (Å²) < 4.78 is 5.42. The summed E-state index contributed by atoms with van der Waals surface area (Å²) in [5, 5.41) is 9.22. The summed E-state index contributed by atoms with van der Waals surface area (Å²) in [4.78, 5) is 13.6. The molecule has 0 fully saturated rings. The van der Waals surface area contributed by atoms with Crippen LogP contribution in [0.3, 0.4) is 0 Å². The Morgan fingerprint density at radius 1 is 1.19 bits per heavy atom. The number of nitrogen functional groups attached to an aromatic ring is 1. The highest BCUT2D eigenvalue weighted by atomic mass is 16.5. The number of anilines is 1. The molecule has 3 N–H and O–H groups in total. The molecule has 0 bridgehead atoms. The standard InChI is InChI=1S/C16H18N2O3/c1-18(10-12-6-8-13(19)9-7-12)16(20)11-21-15-5-3-2-4-14(15)17/h2-9,19H,10-11,17H2,1H3. The van der Waals surface area contributed by atoms with E-state index in [4.69, 9.17) is 10.5 Å². The van der Waals surface area contributed by atoms with Crippen molar-refractivity contribution in [3.63, 3.8) is 0 Å². The molecule has 0 atom stereocenters. The number of phenolic OH excluding ortho intramolecular Hbond substituents is 1. The van der Waals surface area contributed by atoms with Gasteiger partial charge in [-0.1, -0.05) is 24.3 Å². The minimum absolute atomic E-state index is 0.0667. The number of hydrogen-bond donors (Lipinski definition) is 2. The van der Waals surface area contributed by atoms with Gasteiger partial charge in [-0.15, -0.1) is 0 Å². The van der Waals surface area contributed by atoms with E-state index in [2.05, 4.69) is 0 Å². The molecule has 0 radical (unpaired) electrons. The van der Waals surface area contributed by atoms with Crippen LogP contribution in [0.25, 0.3) is 0 Å². The third-order valence-electron chi connectivity index (χ3n) is 3.05. The predicted octanol–water partition coefficient (Wildman–Crippen LogP) is 2.01. The van der Waals surface area contributed by atoms with Gasteiger partial charge in [0.15, 0.2) is 6.61 Å². The zero-order valence-corrected chi connectivity index (χ0v) is 11.8. The van der Waals surface area contributed by atoms with Gasteiger partial charge in [0.25, 0.3) is 5.91 Å². The topological polar surface area (TPSA) is 75.8 Å². The molecule has 0 unspecified atom stereocenters. The Morgan fingerprint density at radius 2 is 1.86 bits per heavy atom. The molecule has 5 nitrogen and oxygen atoms in total. The van der Waals surface area contributed by atoms with Crippen LogP contribution < -0.4 is 10.5 Å². The van der Waals surface area contributed by atoms with Crippen molar-refractivity contribution in [1.82, 2.24) is 4.90 Å². The van der Waals surface area contributed by atoms with Gasteiger partial charge in [-0.05, 0) is 29.8 Å². The molecule has 0 aliphatic rings. The first-order valence-electron chi connectivity index (χ1n) is 6.55. The smallest absolute Gasteiger partial charge is 0.260 e. The Balaban J connectivity index is 1.88. The Bertz CT molecular complexity index is 611. The molecule has 0 aromatic heterocycles. The van der Waals surface area contributed by atoms with E-state index >= 15 is 0 Å². The maximum Gasteiger partial charge on any atom is 0.260 e. The normalized spacial score (nSPS) is 10.1. The number of hydrogen-bond acceptors (Lipinski definition) is 4. The van der Waals surface area contributed by atoms with Crippen LogP contribution in [0.5, 0.6) is 11.5 Å². The van der Waals surface area contributed by atoms with Crippen molar-refractivity contribution >= 4 is 11.6 Å². The lowest BCUT2D eigenvalue weighted by atomic mass is 10.2. The number of amides is 1. The molecule has 2 rings (SSSR count). The third-order valence-corrected chi connectivity index (χ3v) is 3.05. The van der Waals surface area contributed by atoms with Crippen LogP contribution in [-0.4, -0.2) is 29.6 Å². The van der Waals surface area contributed by atoms with Crippen molar-refractivity contribution in [3.05, 3.63) is 54.1 Å². The molecule has 0 saturated carbocycles. The Hall–Kier alpha value is -2.69. The number of benzene rings is 2. The number of ether oxygens (including phenoxy) is 1. The number of nitrogens with zero attached hydrogens (tertiary/aromatic N) is 1. The fourth-order valence-electron chi connectivity index (χ4n) is 1.83. The van der Waals surface area contributed by atoms with E-state index in [0.29, 0.717) is 18.0 Å². The van der Waals surface area contributed by atoms with Crippen LogP contribution in [0.4, 0.5) is 5.69 Å². The first-order chi connectivity index (χ1) is 10.1. The van der Waals surface area contributed by atoms with Gasteiger partial charge in [0, 0.05) is 13.6 Å². The highest BCUT2D eigenvalue weighted by Gasteiger charge is 2.11. The molecule has 0 aliphatic heterocycles. The summed E-state index contributed by atoms with van der Waals surface area (Å²) in [5.74, 6) is 0.561. The fraction of sp³-hybridized carbons (Fsp3) is 0.188. The minimum Gasteiger partial charge on any atom is -0.508 e. The number of carbonyl (C=O) groups is 1. The van der Waals surface area contributed by atoms with E-state index in [1.54, 1.807) is 60.5 Å². The van der Waals surface area contributed by atoms with E-state index < -0.39 is 0 Å². The van der Waals surface area contributed by atoms with Crippen LogP contribution in [-0.2, 0) is 11.3 Å². The Kier molecular flexibility index (Phi) is 4.66. The van der Waals surface area contributed by atoms with Crippen molar-refractivity contribution < 1.29 is 14.6 Å². The third kappa shape index (κ3) is 4.14. The summed E-state index contributed by atoms with van der Waals surface area (Å²) in [6, 6.07) is 13.8. The van der Waals surface area contributed by atoms with Crippen LogP contribution in [0, 0.1) is 0 Å². The molecule has 0 aliphatic carbocycles. The van der Waals surface area contributed by atoms with Gasteiger partial charge >= 0.3 is 0 Å². The predicted molar refractivity (Wildman–Crippen MR) is 80.9 cm³/mol. The number of carbonyl (C=O) groups excluding carboxylic acids is 1. The monoisotopic (exact) mass is 286 g/mol. The number of para-hydroxylation sites is 2. The second kappa shape index (κ2) is 6.65. The van der Waals surface area contributed by atoms with E-state index in [1.165, 1.54) is 0 Å². The molecule has 0 saturated heterocycles. The minimum atomic E-state index is -0.147. The lowest BCUT2D eigenvalue weighted by Gasteiger charge is -2.18. The van der Waals surface area contributed by atoms with E-state index in [1.807, 2.05) is 0 Å². The summed E-state index contributed by atoms with van der Waals surface area (Å²) in [7, 11) is 1.70. The van der Waals surface area contributed by atoms with Gasteiger partial charge in [0.2, 0.25) is 0 Å². The van der Waals surface area contributed by atoms with Gasteiger partial charge in [-0.2, -0.15) is 0 Å². The zero-order valence-electron chi connectivity index (χ0n) is 11.8. The number of rotatable bonds is 5. The lowest BCUT2D eigenvalue weighted by molar-refractivity contribution is -0.132. The van der Waals surface area contributed by atoms with Crippen molar-refractivity contribution in [2.45, 2.75) is 6.54 Å². The van der Waals surface area contributed by atoms with Gasteiger partial charge in [0.05, 0.1) is 5.69 Å². The van der Waals surface area contributed by atoms with E-state index in [9.17, 15) is 9.90 Å². The molecule has 1 amide bonds. The first kappa shape index (κ1) is 14.7.